The van der Waals surface area contributed by atoms with Crippen molar-refractivity contribution in [2.75, 3.05) is 11.9 Å². The fourth-order valence-electron chi connectivity index (χ4n) is 3.26. The van der Waals surface area contributed by atoms with E-state index in [0.29, 0.717) is 14.9 Å². The summed E-state index contributed by atoms with van der Waals surface area (Å²) in [4.78, 5) is 40.6. The van der Waals surface area contributed by atoms with Crippen LogP contribution >= 0.6 is 23.1 Å². The molecule has 10 heteroatoms. The molecule has 0 atom stereocenters. The molecule has 1 N–H and O–H groups in total. The topological polar surface area (TPSA) is 111 Å². The number of aromatic nitrogens is 1. The van der Waals surface area contributed by atoms with E-state index in [4.69, 9.17) is 4.74 Å². The van der Waals surface area contributed by atoms with Crippen molar-refractivity contribution in [1.82, 2.24) is 4.98 Å². The molecule has 4 rings (SSSR count). The molecule has 0 unspecified atom stereocenters. The van der Waals surface area contributed by atoms with Gasteiger partial charge in [0.05, 0.1) is 25.6 Å². The zero-order valence-electron chi connectivity index (χ0n) is 18.2. The van der Waals surface area contributed by atoms with Crippen LogP contribution in [-0.2, 0) is 9.53 Å². The smallest absolute Gasteiger partial charge is 0.338 e. The predicted molar refractivity (Wildman–Crippen MR) is 132 cm³/mol. The first-order chi connectivity index (χ1) is 16.3. The SMILES string of the molecule is Cc1cccc(C)c1NC(=O)COC(=O)c1ccc(Sc2nc3ccccc3s2)c([N+](=O)[O-])c1. The number of benzene rings is 3. The number of aryl methyl sites for hydroxylation is 2. The summed E-state index contributed by atoms with van der Waals surface area (Å²) < 4.78 is 6.72. The molecule has 172 valence electrons. The Bertz CT molecular complexity index is 1360. The molecule has 1 amide bonds. The Morgan fingerprint density at radius 2 is 1.82 bits per heavy atom. The third-order valence-electron chi connectivity index (χ3n) is 4.94. The van der Waals surface area contributed by atoms with Crippen LogP contribution in [0.3, 0.4) is 0 Å². The molecular weight excluding hydrogens is 474 g/mol. The van der Waals surface area contributed by atoms with E-state index < -0.39 is 23.4 Å². The fraction of sp³-hybridized carbons (Fsp3) is 0.125. The third kappa shape index (κ3) is 5.24. The average molecular weight is 494 g/mol. The minimum absolute atomic E-state index is 0.0137. The number of nitrogens with zero attached hydrogens (tertiary/aromatic N) is 2. The van der Waals surface area contributed by atoms with Crippen LogP contribution in [0.15, 0.2) is 69.9 Å². The highest BCUT2D eigenvalue weighted by Gasteiger charge is 2.21. The number of thiazole rings is 1. The highest BCUT2D eigenvalue weighted by molar-refractivity contribution is 8.01. The maximum Gasteiger partial charge on any atom is 0.338 e. The van der Waals surface area contributed by atoms with Crippen molar-refractivity contribution in [3.8, 4) is 0 Å². The van der Waals surface area contributed by atoms with Crippen molar-refractivity contribution in [3.05, 3.63) is 87.5 Å². The van der Waals surface area contributed by atoms with Gasteiger partial charge in [-0.15, -0.1) is 11.3 Å². The van der Waals surface area contributed by atoms with Gasteiger partial charge < -0.3 is 10.1 Å². The molecule has 0 saturated heterocycles. The minimum atomic E-state index is -0.823. The van der Waals surface area contributed by atoms with Crippen molar-refractivity contribution in [3.63, 3.8) is 0 Å². The number of nitro groups is 1. The number of nitro benzene ring substituents is 1. The number of rotatable bonds is 7. The molecule has 4 aromatic rings. The molecule has 0 saturated carbocycles. The van der Waals surface area contributed by atoms with Crippen LogP contribution < -0.4 is 5.32 Å². The lowest BCUT2D eigenvalue weighted by molar-refractivity contribution is -0.387. The molecule has 8 nitrogen and oxygen atoms in total. The van der Waals surface area contributed by atoms with Crippen LogP contribution in [0, 0.1) is 24.0 Å². The predicted octanol–water partition coefficient (Wildman–Crippen LogP) is 5.77. The molecule has 34 heavy (non-hydrogen) atoms. The number of ether oxygens (including phenoxy) is 1. The number of hydrogen-bond acceptors (Lipinski definition) is 8. The summed E-state index contributed by atoms with van der Waals surface area (Å²) >= 11 is 2.59. The molecule has 0 radical (unpaired) electrons. The normalized spacial score (nSPS) is 10.8. The van der Waals surface area contributed by atoms with Crippen LogP contribution in [0.5, 0.6) is 0 Å². The van der Waals surface area contributed by atoms with Crippen molar-refractivity contribution >= 4 is 56.6 Å². The highest BCUT2D eigenvalue weighted by Crippen LogP contribution is 2.39. The van der Waals surface area contributed by atoms with Gasteiger partial charge in [0.25, 0.3) is 11.6 Å². The second-order valence-electron chi connectivity index (χ2n) is 7.38. The molecule has 0 fully saturated rings. The summed E-state index contributed by atoms with van der Waals surface area (Å²) in [6.45, 7) is 3.21. The van der Waals surface area contributed by atoms with Gasteiger partial charge >= 0.3 is 5.97 Å². The van der Waals surface area contributed by atoms with Gasteiger partial charge in [0, 0.05) is 11.8 Å². The molecule has 0 aliphatic rings. The van der Waals surface area contributed by atoms with Crippen LogP contribution in [0.25, 0.3) is 10.2 Å². The monoisotopic (exact) mass is 493 g/mol. The lowest BCUT2D eigenvalue weighted by Crippen LogP contribution is -2.21. The molecule has 0 bridgehead atoms. The van der Waals surface area contributed by atoms with E-state index >= 15 is 0 Å². The van der Waals surface area contributed by atoms with Gasteiger partial charge in [-0.1, -0.05) is 42.1 Å². The lowest BCUT2D eigenvalue weighted by atomic mass is 10.1. The van der Waals surface area contributed by atoms with E-state index in [0.717, 1.165) is 39.2 Å². The number of carbonyl (C=O) groups excluding carboxylic acids is 2. The number of carbonyl (C=O) groups is 2. The van der Waals surface area contributed by atoms with Gasteiger partial charge in [-0.05, 0) is 49.2 Å². The minimum Gasteiger partial charge on any atom is -0.452 e. The van der Waals surface area contributed by atoms with Gasteiger partial charge in [0.15, 0.2) is 10.9 Å². The Kier molecular flexibility index (Phi) is 6.90. The second kappa shape index (κ2) is 10.0. The van der Waals surface area contributed by atoms with Crippen LogP contribution in [0.1, 0.15) is 21.5 Å². The summed E-state index contributed by atoms with van der Waals surface area (Å²) in [7, 11) is 0. The maximum atomic E-state index is 12.5. The molecule has 3 aromatic carbocycles. The van der Waals surface area contributed by atoms with Gasteiger partial charge in [0.1, 0.15) is 0 Å². The van der Waals surface area contributed by atoms with Crippen LogP contribution in [0.2, 0.25) is 0 Å². The summed E-state index contributed by atoms with van der Waals surface area (Å²) in [5.74, 6) is -1.32. The largest absolute Gasteiger partial charge is 0.452 e. The maximum absolute atomic E-state index is 12.5. The Labute approximate surface area is 203 Å². The Morgan fingerprint density at radius 3 is 2.53 bits per heavy atom. The molecular formula is C24H19N3O5S2. The van der Waals surface area contributed by atoms with E-state index in [1.54, 1.807) is 0 Å². The number of amides is 1. The second-order valence-corrected chi connectivity index (χ2v) is 9.70. The zero-order chi connectivity index (χ0) is 24.2. The molecule has 0 aliphatic carbocycles. The van der Waals surface area contributed by atoms with Crippen molar-refractivity contribution in [1.29, 1.82) is 0 Å². The first-order valence-corrected chi connectivity index (χ1v) is 11.8. The lowest BCUT2D eigenvalue weighted by Gasteiger charge is -2.11. The highest BCUT2D eigenvalue weighted by atomic mass is 32.2. The number of fused-ring (bicyclic) bond motifs is 1. The number of anilines is 1. The summed E-state index contributed by atoms with van der Waals surface area (Å²) in [5.41, 5.74) is 3.00. The van der Waals surface area contributed by atoms with Crippen molar-refractivity contribution < 1.29 is 19.2 Å². The number of nitrogens with one attached hydrogen (secondary N) is 1. The van der Waals surface area contributed by atoms with Crippen LogP contribution in [0.4, 0.5) is 11.4 Å². The van der Waals surface area contributed by atoms with E-state index in [1.807, 2.05) is 56.3 Å². The Balaban J connectivity index is 1.45. The van der Waals surface area contributed by atoms with Gasteiger partial charge in [-0.2, -0.15) is 0 Å². The van der Waals surface area contributed by atoms with E-state index in [9.17, 15) is 19.7 Å². The van der Waals surface area contributed by atoms with E-state index in [2.05, 4.69) is 10.3 Å². The first-order valence-electron chi connectivity index (χ1n) is 10.2. The number of hydrogen-bond donors (Lipinski definition) is 1. The van der Waals surface area contributed by atoms with Crippen molar-refractivity contribution in [2.45, 2.75) is 23.1 Å². The molecule has 1 aromatic heterocycles. The number of para-hydroxylation sites is 2. The zero-order valence-corrected chi connectivity index (χ0v) is 19.9. The van der Waals surface area contributed by atoms with E-state index in [-0.39, 0.29) is 11.3 Å². The van der Waals surface area contributed by atoms with E-state index in [1.165, 1.54) is 23.5 Å². The third-order valence-corrected chi connectivity index (χ3v) is 7.10. The molecule has 0 aliphatic heterocycles. The number of esters is 1. The summed E-state index contributed by atoms with van der Waals surface area (Å²) in [5, 5.41) is 14.4. The van der Waals surface area contributed by atoms with Gasteiger partial charge in [-0.25, -0.2) is 9.78 Å². The summed E-state index contributed by atoms with van der Waals surface area (Å²) in [6.07, 6.45) is 0. The Morgan fingerprint density at radius 1 is 1.09 bits per heavy atom. The van der Waals surface area contributed by atoms with Crippen molar-refractivity contribution in [2.24, 2.45) is 0 Å². The standard InChI is InChI=1S/C24H19N3O5S2/c1-14-6-5-7-15(2)22(14)26-21(28)13-32-23(29)16-10-11-20(18(12-16)27(30)31)34-24-25-17-8-3-4-9-19(17)33-24/h3-12H,13H2,1-2H3,(H,26,28). The van der Waals surface area contributed by atoms with Gasteiger partial charge in [-0.3, -0.25) is 14.9 Å². The Hall–Kier alpha value is -3.76. The quantitative estimate of drug-likeness (QED) is 0.198. The van der Waals surface area contributed by atoms with Gasteiger partial charge in [0.2, 0.25) is 0 Å². The molecule has 0 spiro atoms. The average Bonchev–Trinajstić information content (AvgIpc) is 3.22. The molecule has 1 heterocycles. The summed E-state index contributed by atoms with van der Waals surface area (Å²) in [6, 6.07) is 17.3. The fourth-order valence-corrected chi connectivity index (χ4v) is 5.37. The van der Waals surface area contributed by atoms with Crippen LogP contribution in [-0.4, -0.2) is 28.4 Å². The first kappa shape index (κ1) is 23.4.